The molecule has 1 atom stereocenters. The van der Waals surface area contributed by atoms with Crippen LogP contribution >= 0.6 is 0 Å². The van der Waals surface area contributed by atoms with Crippen molar-refractivity contribution in [1.82, 2.24) is 10.6 Å². The van der Waals surface area contributed by atoms with E-state index < -0.39 is 12.0 Å². The minimum absolute atomic E-state index is 0.0449. The molecule has 0 spiro atoms. The zero-order valence-electron chi connectivity index (χ0n) is 9.38. The van der Waals surface area contributed by atoms with Crippen molar-refractivity contribution in [2.24, 2.45) is 0 Å². The maximum Gasteiger partial charge on any atom is 0.320 e. The Morgan fingerprint density at radius 3 is 2.47 bits per heavy atom. The summed E-state index contributed by atoms with van der Waals surface area (Å²) in [6.07, 6.45) is 2.21. The smallest absolute Gasteiger partial charge is 0.320 e. The Hall–Kier alpha value is -1.10. The molecule has 88 valence electrons. The van der Waals surface area contributed by atoms with Crippen LogP contribution in [0.5, 0.6) is 0 Å². The number of nitrogens with one attached hydrogen (secondary N) is 2. The van der Waals surface area contributed by atoms with Crippen molar-refractivity contribution in [1.29, 1.82) is 0 Å². The van der Waals surface area contributed by atoms with E-state index in [4.69, 9.17) is 5.11 Å². The van der Waals surface area contributed by atoms with Crippen LogP contribution in [0.25, 0.3) is 0 Å². The lowest BCUT2D eigenvalue weighted by molar-refractivity contribution is -0.139. The molecule has 5 heteroatoms. The molecule has 0 unspecified atom stereocenters. The van der Waals surface area contributed by atoms with E-state index in [-0.39, 0.29) is 5.91 Å². The van der Waals surface area contributed by atoms with Gasteiger partial charge in [0.1, 0.15) is 6.04 Å². The van der Waals surface area contributed by atoms with E-state index >= 15 is 0 Å². The molecule has 5 nitrogen and oxygen atoms in total. The molecule has 0 radical (unpaired) electrons. The Balaban J connectivity index is 3.53. The summed E-state index contributed by atoms with van der Waals surface area (Å²) in [6, 6.07) is -0.465. The lowest BCUT2D eigenvalue weighted by atomic mass is 10.1. The number of carbonyl (C=O) groups excluding carboxylic acids is 1. The van der Waals surface area contributed by atoms with E-state index in [9.17, 15) is 9.59 Å². The van der Waals surface area contributed by atoms with Gasteiger partial charge in [-0.15, -0.1) is 0 Å². The second kappa shape index (κ2) is 8.23. The average molecular weight is 216 g/mol. The van der Waals surface area contributed by atoms with Gasteiger partial charge in [-0.05, 0) is 25.8 Å². The summed E-state index contributed by atoms with van der Waals surface area (Å²) in [5.41, 5.74) is 0. The summed E-state index contributed by atoms with van der Waals surface area (Å²) in [4.78, 5) is 21.3. The molecule has 15 heavy (non-hydrogen) atoms. The van der Waals surface area contributed by atoms with Crippen LogP contribution in [0.1, 0.15) is 33.1 Å². The number of carboxylic acids is 1. The summed E-state index contributed by atoms with van der Waals surface area (Å²) in [5.74, 6) is -0.854. The second-order valence-corrected chi connectivity index (χ2v) is 3.43. The van der Waals surface area contributed by atoms with Gasteiger partial charge in [0.15, 0.2) is 0 Å². The summed E-state index contributed by atoms with van der Waals surface area (Å²) >= 11 is 0. The molecular formula is C10H20N2O3. The van der Waals surface area contributed by atoms with E-state index in [0.29, 0.717) is 19.5 Å². The quantitative estimate of drug-likeness (QED) is 0.512. The highest BCUT2D eigenvalue weighted by Crippen LogP contribution is 2.00. The zero-order valence-corrected chi connectivity index (χ0v) is 9.38. The van der Waals surface area contributed by atoms with Gasteiger partial charge in [0.05, 0.1) is 0 Å². The fourth-order valence-corrected chi connectivity index (χ4v) is 1.30. The number of carboxylic acid groups (broad SMARTS) is 1. The monoisotopic (exact) mass is 216 g/mol. The summed E-state index contributed by atoms with van der Waals surface area (Å²) in [7, 11) is 0. The SMILES string of the molecule is CCN[C@H](CCCCNC(C)=O)C(=O)O. The largest absolute Gasteiger partial charge is 0.480 e. The Kier molecular flexibility index (Phi) is 7.62. The molecule has 0 aromatic rings. The Morgan fingerprint density at radius 2 is 2.00 bits per heavy atom. The van der Waals surface area contributed by atoms with Crippen LogP contribution in [0.2, 0.25) is 0 Å². The molecular weight excluding hydrogens is 196 g/mol. The fraction of sp³-hybridized carbons (Fsp3) is 0.800. The highest BCUT2D eigenvalue weighted by molar-refractivity contribution is 5.73. The minimum atomic E-state index is -0.809. The van der Waals surface area contributed by atoms with Crippen LogP contribution in [-0.2, 0) is 9.59 Å². The maximum absolute atomic E-state index is 10.7. The molecule has 3 N–H and O–H groups in total. The lowest BCUT2D eigenvalue weighted by Gasteiger charge is -2.12. The molecule has 0 rings (SSSR count). The van der Waals surface area contributed by atoms with Gasteiger partial charge >= 0.3 is 5.97 Å². The number of rotatable bonds is 8. The van der Waals surface area contributed by atoms with Gasteiger partial charge in [0, 0.05) is 13.5 Å². The Labute approximate surface area is 90.2 Å². The van der Waals surface area contributed by atoms with Crippen molar-refractivity contribution in [2.45, 2.75) is 39.2 Å². The van der Waals surface area contributed by atoms with Gasteiger partial charge in [-0.1, -0.05) is 6.92 Å². The van der Waals surface area contributed by atoms with E-state index in [1.807, 2.05) is 6.92 Å². The third-order valence-electron chi connectivity index (χ3n) is 2.04. The molecule has 0 bridgehead atoms. The van der Waals surface area contributed by atoms with Gasteiger partial charge < -0.3 is 15.7 Å². The number of unbranched alkanes of at least 4 members (excludes halogenated alkanes) is 1. The van der Waals surface area contributed by atoms with Crippen molar-refractivity contribution in [3.8, 4) is 0 Å². The standard InChI is InChI=1S/C10H20N2O3/c1-3-11-9(10(14)15)6-4-5-7-12-8(2)13/h9,11H,3-7H2,1-2H3,(H,12,13)(H,14,15)/t9-/m1/s1. The molecule has 0 aliphatic rings. The highest BCUT2D eigenvalue weighted by Gasteiger charge is 2.14. The average Bonchev–Trinajstić information content (AvgIpc) is 2.15. The highest BCUT2D eigenvalue weighted by atomic mass is 16.4. The van der Waals surface area contributed by atoms with Gasteiger partial charge in [-0.2, -0.15) is 0 Å². The molecule has 0 aliphatic heterocycles. The Morgan fingerprint density at radius 1 is 1.33 bits per heavy atom. The maximum atomic E-state index is 10.7. The molecule has 1 amide bonds. The van der Waals surface area contributed by atoms with Crippen LogP contribution < -0.4 is 10.6 Å². The zero-order chi connectivity index (χ0) is 11.7. The first-order valence-corrected chi connectivity index (χ1v) is 5.28. The number of hydrogen-bond donors (Lipinski definition) is 3. The first-order valence-electron chi connectivity index (χ1n) is 5.28. The van der Waals surface area contributed by atoms with Crippen molar-refractivity contribution < 1.29 is 14.7 Å². The summed E-state index contributed by atoms with van der Waals surface area (Å²) < 4.78 is 0. The van der Waals surface area contributed by atoms with E-state index in [2.05, 4.69) is 10.6 Å². The third kappa shape index (κ3) is 7.93. The van der Waals surface area contributed by atoms with Crippen LogP contribution in [0, 0.1) is 0 Å². The van der Waals surface area contributed by atoms with Gasteiger partial charge in [0.25, 0.3) is 0 Å². The van der Waals surface area contributed by atoms with Crippen molar-refractivity contribution in [2.75, 3.05) is 13.1 Å². The third-order valence-corrected chi connectivity index (χ3v) is 2.04. The normalized spacial score (nSPS) is 12.1. The summed E-state index contributed by atoms with van der Waals surface area (Å²) in [6.45, 7) is 4.63. The van der Waals surface area contributed by atoms with E-state index in [1.54, 1.807) is 0 Å². The van der Waals surface area contributed by atoms with Crippen LogP contribution in [0.4, 0.5) is 0 Å². The summed E-state index contributed by atoms with van der Waals surface area (Å²) in [5, 5.41) is 14.4. The second-order valence-electron chi connectivity index (χ2n) is 3.43. The van der Waals surface area contributed by atoms with Crippen molar-refractivity contribution in [3.05, 3.63) is 0 Å². The topological polar surface area (TPSA) is 78.4 Å². The van der Waals surface area contributed by atoms with Crippen molar-refractivity contribution >= 4 is 11.9 Å². The lowest BCUT2D eigenvalue weighted by Crippen LogP contribution is -2.36. The molecule has 0 fully saturated rings. The molecule has 0 aliphatic carbocycles. The van der Waals surface area contributed by atoms with Gasteiger partial charge in [0.2, 0.25) is 5.91 Å². The minimum Gasteiger partial charge on any atom is -0.480 e. The first kappa shape index (κ1) is 13.9. The molecule has 0 aromatic heterocycles. The fourth-order valence-electron chi connectivity index (χ4n) is 1.30. The van der Waals surface area contributed by atoms with Gasteiger partial charge in [-0.3, -0.25) is 9.59 Å². The predicted octanol–water partition coefficient (Wildman–Crippen LogP) is 0.356. The molecule has 0 saturated carbocycles. The van der Waals surface area contributed by atoms with Crippen LogP contribution in [-0.4, -0.2) is 36.1 Å². The van der Waals surface area contributed by atoms with Gasteiger partial charge in [-0.25, -0.2) is 0 Å². The number of amides is 1. The number of carbonyl (C=O) groups is 2. The number of aliphatic carboxylic acids is 1. The number of likely N-dealkylation sites (N-methyl/N-ethyl adjacent to an activating group) is 1. The van der Waals surface area contributed by atoms with E-state index in [0.717, 1.165) is 12.8 Å². The number of hydrogen-bond acceptors (Lipinski definition) is 3. The van der Waals surface area contributed by atoms with E-state index in [1.165, 1.54) is 6.92 Å². The Bertz CT molecular complexity index is 207. The predicted molar refractivity (Wildman–Crippen MR) is 57.6 cm³/mol. The molecule has 0 aromatic carbocycles. The molecule has 0 saturated heterocycles. The van der Waals surface area contributed by atoms with Crippen LogP contribution in [0.3, 0.4) is 0 Å². The van der Waals surface area contributed by atoms with Crippen molar-refractivity contribution in [3.63, 3.8) is 0 Å². The van der Waals surface area contributed by atoms with Crippen LogP contribution in [0.15, 0.2) is 0 Å². The molecule has 0 heterocycles. The first-order chi connectivity index (χ1) is 7.07.